The molecule has 0 fully saturated rings. The van der Waals surface area contributed by atoms with Gasteiger partial charge in [-0.1, -0.05) is 42.9 Å². The van der Waals surface area contributed by atoms with Crippen molar-refractivity contribution in [3.8, 4) is 48.4 Å². The SMILES string of the molecule is C#Cc1cc(C#CCCCC)c(C#C)cc1C#CC. The van der Waals surface area contributed by atoms with Crippen LogP contribution in [-0.2, 0) is 0 Å². The molecule has 0 aromatic heterocycles. The van der Waals surface area contributed by atoms with Gasteiger partial charge in [-0.3, -0.25) is 0 Å². The summed E-state index contributed by atoms with van der Waals surface area (Å²) in [5.41, 5.74) is 3.10. The molecule has 0 heteroatoms. The van der Waals surface area contributed by atoms with Crippen LogP contribution in [0.25, 0.3) is 0 Å². The summed E-state index contributed by atoms with van der Waals surface area (Å²) in [6.07, 6.45) is 14.1. The minimum atomic E-state index is 0.744. The summed E-state index contributed by atoms with van der Waals surface area (Å²) >= 11 is 0. The molecule has 0 saturated carbocycles. The smallest absolute Gasteiger partial charge is 0.0415 e. The van der Waals surface area contributed by atoms with Gasteiger partial charge in [-0.05, 0) is 25.5 Å². The monoisotopic (exact) mass is 244 g/mol. The van der Waals surface area contributed by atoms with Gasteiger partial charge >= 0.3 is 0 Å². The Hall–Kier alpha value is -2.54. The van der Waals surface area contributed by atoms with E-state index in [9.17, 15) is 0 Å². The zero-order valence-corrected chi connectivity index (χ0v) is 11.4. The quantitative estimate of drug-likeness (QED) is 0.551. The molecular formula is C19H16. The molecule has 92 valence electrons. The topological polar surface area (TPSA) is 0 Å². The van der Waals surface area contributed by atoms with Crippen LogP contribution < -0.4 is 0 Å². The number of benzene rings is 1. The van der Waals surface area contributed by atoms with Gasteiger partial charge in [0, 0.05) is 28.7 Å². The first-order valence-corrected chi connectivity index (χ1v) is 6.29. The lowest BCUT2D eigenvalue weighted by Crippen LogP contribution is -1.91. The second kappa shape index (κ2) is 7.72. The highest BCUT2D eigenvalue weighted by atomic mass is 14.0. The van der Waals surface area contributed by atoms with Crippen molar-refractivity contribution in [3.05, 3.63) is 34.4 Å². The number of hydrogen-bond donors (Lipinski definition) is 0. The van der Waals surface area contributed by atoms with Gasteiger partial charge in [0.25, 0.3) is 0 Å². The van der Waals surface area contributed by atoms with Crippen molar-refractivity contribution >= 4 is 0 Å². The molecule has 0 spiro atoms. The van der Waals surface area contributed by atoms with Gasteiger partial charge in [0.1, 0.15) is 0 Å². The number of unbranched alkanes of at least 4 members (excludes halogenated alkanes) is 2. The van der Waals surface area contributed by atoms with Crippen molar-refractivity contribution in [2.75, 3.05) is 0 Å². The Morgan fingerprint density at radius 1 is 0.947 bits per heavy atom. The molecule has 0 amide bonds. The molecule has 19 heavy (non-hydrogen) atoms. The maximum Gasteiger partial charge on any atom is 0.0415 e. The van der Waals surface area contributed by atoms with Crippen LogP contribution >= 0.6 is 0 Å². The molecule has 0 aliphatic carbocycles. The Bertz CT molecular complexity index is 653. The average molecular weight is 244 g/mol. The van der Waals surface area contributed by atoms with Gasteiger partial charge in [-0.15, -0.1) is 18.8 Å². The molecule has 0 N–H and O–H groups in total. The third-order valence-corrected chi connectivity index (χ3v) is 2.61. The maximum absolute atomic E-state index is 5.52. The zero-order valence-electron chi connectivity index (χ0n) is 11.4. The lowest BCUT2D eigenvalue weighted by atomic mass is 9.99. The fourth-order valence-corrected chi connectivity index (χ4v) is 1.60. The molecule has 0 atom stereocenters. The highest BCUT2D eigenvalue weighted by Crippen LogP contribution is 2.15. The van der Waals surface area contributed by atoms with Crippen LogP contribution in [0.5, 0.6) is 0 Å². The molecule has 1 aromatic carbocycles. The summed E-state index contributed by atoms with van der Waals surface area (Å²) in [7, 11) is 0. The van der Waals surface area contributed by atoms with E-state index in [1.807, 2.05) is 12.1 Å². The molecule has 0 aliphatic rings. The normalized spacial score (nSPS) is 8.21. The van der Waals surface area contributed by atoms with Gasteiger partial charge in [0.15, 0.2) is 0 Å². The van der Waals surface area contributed by atoms with Crippen molar-refractivity contribution in [1.29, 1.82) is 0 Å². The Morgan fingerprint density at radius 2 is 1.53 bits per heavy atom. The molecule has 0 unspecified atom stereocenters. The summed E-state index contributed by atoms with van der Waals surface area (Å²) in [6, 6.07) is 3.70. The molecule has 1 rings (SSSR count). The van der Waals surface area contributed by atoms with E-state index in [4.69, 9.17) is 12.8 Å². The van der Waals surface area contributed by atoms with E-state index in [1.54, 1.807) is 6.92 Å². The predicted molar refractivity (Wildman–Crippen MR) is 81.3 cm³/mol. The van der Waals surface area contributed by atoms with Crippen LogP contribution in [0.1, 0.15) is 55.4 Å². The van der Waals surface area contributed by atoms with Gasteiger partial charge in [-0.2, -0.15) is 0 Å². The largest absolute Gasteiger partial charge is 0.115 e. The van der Waals surface area contributed by atoms with Crippen molar-refractivity contribution in [2.45, 2.75) is 33.1 Å². The highest BCUT2D eigenvalue weighted by Gasteiger charge is 2.04. The highest BCUT2D eigenvalue weighted by molar-refractivity contribution is 5.60. The Kier molecular flexibility index (Phi) is 5.90. The molecule has 1 aromatic rings. The lowest BCUT2D eigenvalue weighted by Gasteiger charge is -2.02. The van der Waals surface area contributed by atoms with Crippen LogP contribution in [0.2, 0.25) is 0 Å². The molecule has 0 saturated heterocycles. The van der Waals surface area contributed by atoms with E-state index in [0.717, 1.165) is 41.5 Å². The van der Waals surface area contributed by atoms with E-state index in [1.165, 1.54) is 0 Å². The van der Waals surface area contributed by atoms with Gasteiger partial charge in [-0.25, -0.2) is 0 Å². The number of terminal acetylenes is 2. The van der Waals surface area contributed by atoms with Crippen molar-refractivity contribution in [2.24, 2.45) is 0 Å². The predicted octanol–water partition coefficient (Wildman–Crippen LogP) is 3.56. The minimum absolute atomic E-state index is 0.744. The fourth-order valence-electron chi connectivity index (χ4n) is 1.60. The fraction of sp³-hybridized carbons (Fsp3) is 0.263. The first-order chi connectivity index (χ1) is 9.26. The third-order valence-electron chi connectivity index (χ3n) is 2.61. The van der Waals surface area contributed by atoms with Crippen LogP contribution in [0.3, 0.4) is 0 Å². The van der Waals surface area contributed by atoms with Crippen LogP contribution in [0, 0.1) is 48.4 Å². The van der Waals surface area contributed by atoms with E-state index in [-0.39, 0.29) is 0 Å². The third kappa shape index (κ3) is 4.00. The van der Waals surface area contributed by atoms with Gasteiger partial charge in [0.2, 0.25) is 0 Å². The second-order valence-electron chi connectivity index (χ2n) is 4.01. The summed E-state index contributed by atoms with van der Waals surface area (Å²) in [4.78, 5) is 0. The molecule has 0 radical (unpaired) electrons. The van der Waals surface area contributed by atoms with E-state index >= 15 is 0 Å². The van der Waals surface area contributed by atoms with Crippen molar-refractivity contribution < 1.29 is 0 Å². The van der Waals surface area contributed by atoms with E-state index in [2.05, 4.69) is 42.4 Å². The molecular weight excluding hydrogens is 228 g/mol. The Morgan fingerprint density at radius 3 is 2.00 bits per heavy atom. The molecule has 0 nitrogen and oxygen atoms in total. The zero-order chi connectivity index (χ0) is 14.1. The summed E-state index contributed by atoms with van der Waals surface area (Å²) < 4.78 is 0. The Labute approximate surface area is 116 Å². The number of rotatable bonds is 2. The maximum atomic E-state index is 5.52. The van der Waals surface area contributed by atoms with Crippen molar-refractivity contribution in [3.63, 3.8) is 0 Å². The van der Waals surface area contributed by atoms with Gasteiger partial charge in [0.05, 0.1) is 0 Å². The number of hydrogen-bond acceptors (Lipinski definition) is 0. The standard InChI is InChI=1S/C19H16/c1-5-9-10-11-13-19-15-16(7-3)18(12-6-2)14-17(19)8-4/h3-4,14-15H,5,9-10H2,1-2H3. The van der Waals surface area contributed by atoms with Crippen LogP contribution in [0.15, 0.2) is 12.1 Å². The van der Waals surface area contributed by atoms with Crippen LogP contribution in [0.4, 0.5) is 0 Å². The second-order valence-corrected chi connectivity index (χ2v) is 4.01. The van der Waals surface area contributed by atoms with Crippen LogP contribution in [-0.4, -0.2) is 0 Å². The lowest BCUT2D eigenvalue weighted by molar-refractivity contribution is 0.828. The first kappa shape index (κ1) is 14.5. The minimum Gasteiger partial charge on any atom is -0.115 e. The summed E-state index contributed by atoms with van der Waals surface area (Å²) in [5.74, 6) is 17.3. The average Bonchev–Trinajstić information content (AvgIpc) is 2.44. The first-order valence-electron chi connectivity index (χ1n) is 6.29. The molecule has 0 heterocycles. The van der Waals surface area contributed by atoms with Gasteiger partial charge < -0.3 is 0 Å². The summed E-state index contributed by atoms with van der Waals surface area (Å²) in [5, 5.41) is 0. The van der Waals surface area contributed by atoms with E-state index < -0.39 is 0 Å². The summed E-state index contributed by atoms with van der Waals surface area (Å²) in [6.45, 7) is 3.91. The Balaban J connectivity index is 3.24. The van der Waals surface area contributed by atoms with E-state index in [0.29, 0.717) is 0 Å². The molecule has 0 aliphatic heterocycles. The molecule has 0 bridgehead atoms. The van der Waals surface area contributed by atoms with Crippen molar-refractivity contribution in [1.82, 2.24) is 0 Å².